The fourth-order valence-electron chi connectivity index (χ4n) is 4.80. The molecule has 2 aliphatic heterocycles. The summed E-state index contributed by atoms with van der Waals surface area (Å²) in [5.74, 6) is 0.313. The molecule has 0 atom stereocenters. The molecule has 2 fully saturated rings. The molecule has 8 heteroatoms. The van der Waals surface area contributed by atoms with Crippen LogP contribution in [0.3, 0.4) is 0 Å². The summed E-state index contributed by atoms with van der Waals surface area (Å²) in [4.78, 5) is 19.4. The van der Waals surface area contributed by atoms with Gasteiger partial charge in [0.05, 0.1) is 11.5 Å². The second-order valence-electron chi connectivity index (χ2n) is 9.70. The van der Waals surface area contributed by atoms with Crippen molar-refractivity contribution < 1.29 is 13.9 Å². The van der Waals surface area contributed by atoms with Crippen molar-refractivity contribution in [3.05, 3.63) is 64.4 Å². The third-order valence-electron chi connectivity index (χ3n) is 7.13. The summed E-state index contributed by atoms with van der Waals surface area (Å²) in [5.41, 5.74) is 1.38. The highest BCUT2D eigenvalue weighted by molar-refractivity contribution is 6.30. The van der Waals surface area contributed by atoms with Gasteiger partial charge in [-0.2, -0.15) is 5.26 Å². The Balaban J connectivity index is 1.31. The van der Waals surface area contributed by atoms with Gasteiger partial charge in [-0.3, -0.25) is 9.69 Å². The van der Waals surface area contributed by atoms with Crippen molar-refractivity contribution >= 4 is 17.5 Å². The molecule has 0 saturated carbocycles. The molecule has 2 aliphatic rings. The molecular formula is C27H32ClFN4O2. The lowest BCUT2D eigenvalue weighted by atomic mass is 9.75. The van der Waals surface area contributed by atoms with E-state index in [-0.39, 0.29) is 18.3 Å². The molecule has 0 radical (unpaired) electrons. The van der Waals surface area contributed by atoms with Gasteiger partial charge in [0.25, 0.3) is 5.91 Å². The SMILES string of the molecule is CN1CCN(Cc2cc(Cl)ccc2OCC(=O)N2CCC(C#N)(Cc3ccc(F)cc3)CC2)CC1. The van der Waals surface area contributed by atoms with E-state index in [1.54, 1.807) is 23.1 Å². The van der Waals surface area contributed by atoms with E-state index in [4.69, 9.17) is 16.3 Å². The second kappa shape index (κ2) is 11.4. The van der Waals surface area contributed by atoms with Gasteiger partial charge < -0.3 is 14.5 Å². The summed E-state index contributed by atoms with van der Waals surface area (Å²) in [6, 6.07) is 14.3. The number of nitrogens with zero attached hydrogens (tertiary/aromatic N) is 4. The maximum absolute atomic E-state index is 13.2. The van der Waals surface area contributed by atoms with E-state index < -0.39 is 5.41 Å². The van der Waals surface area contributed by atoms with Crippen LogP contribution in [0, 0.1) is 22.6 Å². The molecule has 1 amide bonds. The topological polar surface area (TPSA) is 59.8 Å². The molecule has 0 bridgehead atoms. The number of nitriles is 1. The Morgan fingerprint density at radius 2 is 1.77 bits per heavy atom. The predicted octanol–water partition coefficient (Wildman–Crippen LogP) is 3.98. The van der Waals surface area contributed by atoms with E-state index in [2.05, 4.69) is 22.9 Å². The van der Waals surface area contributed by atoms with E-state index in [1.807, 2.05) is 12.1 Å². The molecule has 186 valence electrons. The zero-order chi connectivity index (χ0) is 24.8. The summed E-state index contributed by atoms with van der Waals surface area (Å²) >= 11 is 6.25. The Labute approximate surface area is 211 Å². The van der Waals surface area contributed by atoms with Crippen LogP contribution in [0.25, 0.3) is 0 Å². The molecule has 6 nitrogen and oxygen atoms in total. The summed E-state index contributed by atoms with van der Waals surface area (Å²) in [5, 5.41) is 10.5. The number of carbonyl (C=O) groups excluding carboxylic acids is 1. The van der Waals surface area contributed by atoms with Crippen LogP contribution < -0.4 is 4.74 Å². The molecule has 0 unspecified atom stereocenters. The Morgan fingerprint density at radius 1 is 1.09 bits per heavy atom. The Hall–Kier alpha value is -2.66. The van der Waals surface area contributed by atoms with E-state index in [0.29, 0.717) is 43.1 Å². The van der Waals surface area contributed by atoms with Gasteiger partial charge in [0.15, 0.2) is 6.61 Å². The number of carbonyl (C=O) groups is 1. The number of benzene rings is 2. The third kappa shape index (κ3) is 6.72. The summed E-state index contributed by atoms with van der Waals surface area (Å²) < 4.78 is 19.2. The molecule has 4 rings (SSSR count). The van der Waals surface area contributed by atoms with Crippen molar-refractivity contribution in [2.45, 2.75) is 25.8 Å². The average Bonchev–Trinajstić information content (AvgIpc) is 2.86. The number of ether oxygens (including phenoxy) is 1. The van der Waals surface area contributed by atoms with Crippen LogP contribution in [-0.2, 0) is 17.8 Å². The Morgan fingerprint density at radius 3 is 2.43 bits per heavy atom. The van der Waals surface area contributed by atoms with Gasteiger partial charge in [0.2, 0.25) is 0 Å². The molecule has 0 aliphatic carbocycles. The first kappa shape index (κ1) is 25.4. The van der Waals surface area contributed by atoms with Gasteiger partial charge in [-0.15, -0.1) is 0 Å². The van der Waals surface area contributed by atoms with Crippen molar-refractivity contribution in [2.24, 2.45) is 5.41 Å². The van der Waals surface area contributed by atoms with Gasteiger partial charge >= 0.3 is 0 Å². The number of likely N-dealkylation sites (N-methyl/N-ethyl adjacent to an activating group) is 1. The number of rotatable bonds is 7. The number of halogens is 2. The lowest BCUT2D eigenvalue weighted by molar-refractivity contribution is -0.135. The highest BCUT2D eigenvalue weighted by Gasteiger charge is 2.36. The molecule has 2 aromatic carbocycles. The van der Waals surface area contributed by atoms with Gasteiger partial charge in [0, 0.05) is 56.4 Å². The van der Waals surface area contributed by atoms with Gasteiger partial charge in [0.1, 0.15) is 11.6 Å². The molecule has 2 heterocycles. The molecule has 35 heavy (non-hydrogen) atoms. The maximum Gasteiger partial charge on any atom is 0.260 e. The highest BCUT2D eigenvalue weighted by Crippen LogP contribution is 2.35. The van der Waals surface area contributed by atoms with Crippen LogP contribution in [0.5, 0.6) is 5.75 Å². The minimum atomic E-state index is -0.540. The largest absolute Gasteiger partial charge is 0.483 e. The van der Waals surface area contributed by atoms with Crippen LogP contribution >= 0.6 is 11.6 Å². The lowest BCUT2D eigenvalue weighted by Gasteiger charge is -2.37. The van der Waals surface area contributed by atoms with Crippen molar-refractivity contribution in [2.75, 3.05) is 52.9 Å². The van der Waals surface area contributed by atoms with Crippen molar-refractivity contribution in [3.8, 4) is 11.8 Å². The zero-order valence-corrected chi connectivity index (χ0v) is 20.9. The monoisotopic (exact) mass is 498 g/mol. The zero-order valence-electron chi connectivity index (χ0n) is 20.2. The molecule has 0 aromatic heterocycles. The van der Waals surface area contributed by atoms with Crippen molar-refractivity contribution in [1.82, 2.24) is 14.7 Å². The second-order valence-corrected chi connectivity index (χ2v) is 10.1. The first-order chi connectivity index (χ1) is 16.9. The van der Waals surface area contributed by atoms with E-state index in [0.717, 1.165) is 43.9 Å². The standard InChI is InChI=1S/C27H32ClFN4O2/c1-31-12-14-32(15-13-31)18-22-16-23(28)4-7-25(22)35-19-26(34)33-10-8-27(20-30,9-11-33)17-21-2-5-24(29)6-3-21/h2-7,16H,8-15,17-19H2,1H3. The number of piperidine rings is 1. The number of amides is 1. The summed E-state index contributed by atoms with van der Waals surface area (Å²) in [7, 11) is 2.13. The Bertz CT molecular complexity index is 1060. The number of hydrogen-bond donors (Lipinski definition) is 0. The van der Waals surface area contributed by atoms with Crippen molar-refractivity contribution in [1.29, 1.82) is 5.26 Å². The predicted molar refractivity (Wildman–Crippen MR) is 134 cm³/mol. The maximum atomic E-state index is 13.2. The fraction of sp³-hybridized carbons (Fsp3) is 0.481. The molecule has 2 saturated heterocycles. The van der Waals surface area contributed by atoms with E-state index in [9.17, 15) is 14.4 Å². The van der Waals surface area contributed by atoms with Gasteiger partial charge in [-0.25, -0.2) is 4.39 Å². The highest BCUT2D eigenvalue weighted by atomic mass is 35.5. The molecule has 2 aromatic rings. The van der Waals surface area contributed by atoms with Crippen molar-refractivity contribution in [3.63, 3.8) is 0 Å². The molecular weight excluding hydrogens is 467 g/mol. The molecule has 0 spiro atoms. The third-order valence-corrected chi connectivity index (χ3v) is 7.36. The molecule has 0 N–H and O–H groups in total. The quantitative estimate of drug-likeness (QED) is 0.578. The summed E-state index contributed by atoms with van der Waals surface area (Å²) in [6.07, 6.45) is 1.73. The number of piperazine rings is 1. The lowest BCUT2D eigenvalue weighted by Crippen LogP contribution is -2.45. The first-order valence-corrected chi connectivity index (χ1v) is 12.5. The summed E-state index contributed by atoms with van der Waals surface area (Å²) in [6.45, 7) is 5.70. The Kier molecular flexibility index (Phi) is 8.27. The number of hydrogen-bond acceptors (Lipinski definition) is 5. The van der Waals surface area contributed by atoms with Crippen LogP contribution in [0.4, 0.5) is 4.39 Å². The first-order valence-electron chi connectivity index (χ1n) is 12.1. The minimum Gasteiger partial charge on any atom is -0.483 e. The van der Waals surface area contributed by atoms with Crippen LogP contribution in [-0.4, -0.2) is 73.5 Å². The van der Waals surface area contributed by atoms with E-state index >= 15 is 0 Å². The van der Waals surface area contributed by atoms with Crippen LogP contribution in [0.2, 0.25) is 5.02 Å². The van der Waals surface area contributed by atoms with E-state index in [1.165, 1.54) is 12.1 Å². The fourth-order valence-corrected chi connectivity index (χ4v) is 4.99. The van der Waals surface area contributed by atoms with Crippen LogP contribution in [0.15, 0.2) is 42.5 Å². The van der Waals surface area contributed by atoms with Gasteiger partial charge in [-0.1, -0.05) is 23.7 Å². The minimum absolute atomic E-state index is 0.0467. The normalized spacial score (nSPS) is 18.7. The average molecular weight is 499 g/mol. The van der Waals surface area contributed by atoms with Gasteiger partial charge in [-0.05, 0) is 62.2 Å². The smallest absolute Gasteiger partial charge is 0.260 e. The number of likely N-dealkylation sites (tertiary alicyclic amines) is 1. The van der Waals surface area contributed by atoms with Crippen LogP contribution in [0.1, 0.15) is 24.0 Å².